The number of thiocarbonyl (C=S) groups is 1. The molecule has 0 aliphatic heterocycles. The molecule has 0 spiro atoms. The molecule has 0 unspecified atom stereocenters. The molecule has 2 rings (SSSR count). The second-order valence-electron chi connectivity index (χ2n) is 4.94. The van der Waals surface area contributed by atoms with Crippen LogP contribution in [0.5, 0.6) is 0 Å². The summed E-state index contributed by atoms with van der Waals surface area (Å²) in [5, 5.41) is 18.3. The largest absolute Gasteiger partial charge is 0.331 e. The number of nitrogens with one attached hydrogen (secondary N) is 2. The van der Waals surface area contributed by atoms with E-state index in [4.69, 9.17) is 12.2 Å². The molecule has 0 saturated heterocycles. The summed E-state index contributed by atoms with van der Waals surface area (Å²) >= 11 is 5.17. The summed E-state index contributed by atoms with van der Waals surface area (Å²) < 4.78 is 0. The van der Waals surface area contributed by atoms with Crippen molar-refractivity contribution in [2.24, 2.45) is 5.10 Å². The van der Waals surface area contributed by atoms with Crippen molar-refractivity contribution in [1.82, 2.24) is 5.43 Å². The highest BCUT2D eigenvalue weighted by Gasteiger charge is 2.07. The minimum Gasteiger partial charge on any atom is -0.331 e. The number of anilines is 1. The molecule has 6 nitrogen and oxygen atoms in total. The van der Waals surface area contributed by atoms with E-state index in [1.54, 1.807) is 19.1 Å². The second kappa shape index (κ2) is 7.46. The maximum absolute atomic E-state index is 10.8. The Kier molecular flexibility index (Phi) is 5.37. The zero-order valence-corrected chi connectivity index (χ0v) is 13.6. The highest BCUT2D eigenvalue weighted by molar-refractivity contribution is 7.80. The molecule has 0 heterocycles. The number of nitro groups is 1. The van der Waals surface area contributed by atoms with Gasteiger partial charge in [-0.3, -0.25) is 15.5 Å². The van der Waals surface area contributed by atoms with Crippen molar-refractivity contribution in [2.45, 2.75) is 13.8 Å². The van der Waals surface area contributed by atoms with Crippen LogP contribution < -0.4 is 10.7 Å². The quantitative estimate of drug-likeness (QED) is 0.388. The van der Waals surface area contributed by atoms with Crippen LogP contribution in [0.15, 0.2) is 53.6 Å². The zero-order valence-electron chi connectivity index (χ0n) is 12.7. The molecular weight excluding hydrogens is 312 g/mol. The van der Waals surface area contributed by atoms with Crippen LogP contribution in [-0.2, 0) is 0 Å². The topological polar surface area (TPSA) is 79.6 Å². The van der Waals surface area contributed by atoms with Gasteiger partial charge in [0, 0.05) is 23.4 Å². The zero-order chi connectivity index (χ0) is 16.8. The molecule has 0 aliphatic rings. The number of hydrazone groups is 1. The lowest BCUT2D eigenvalue weighted by Crippen LogP contribution is -2.24. The molecule has 23 heavy (non-hydrogen) atoms. The number of benzene rings is 2. The van der Waals surface area contributed by atoms with Crippen LogP contribution in [0.2, 0.25) is 0 Å². The summed E-state index contributed by atoms with van der Waals surface area (Å²) in [5.41, 5.74) is 6.03. The second-order valence-corrected chi connectivity index (χ2v) is 5.34. The van der Waals surface area contributed by atoms with Gasteiger partial charge in [0.25, 0.3) is 5.69 Å². The van der Waals surface area contributed by atoms with Crippen LogP contribution in [0, 0.1) is 17.0 Å². The Bertz CT molecular complexity index is 757. The van der Waals surface area contributed by atoms with Crippen LogP contribution >= 0.6 is 12.2 Å². The molecule has 0 amide bonds. The first-order valence-corrected chi connectivity index (χ1v) is 7.29. The van der Waals surface area contributed by atoms with E-state index in [9.17, 15) is 10.1 Å². The molecule has 0 saturated carbocycles. The summed E-state index contributed by atoms with van der Waals surface area (Å²) in [5.74, 6) is 0. The molecule has 0 atom stereocenters. The average molecular weight is 328 g/mol. The summed E-state index contributed by atoms with van der Waals surface area (Å²) in [4.78, 5) is 10.4. The predicted molar refractivity (Wildman–Crippen MR) is 95.8 cm³/mol. The maximum atomic E-state index is 10.8. The Hall–Kier alpha value is -2.80. The van der Waals surface area contributed by atoms with Crippen LogP contribution in [0.3, 0.4) is 0 Å². The maximum Gasteiger partial charge on any atom is 0.270 e. The molecule has 0 aliphatic carbocycles. The van der Waals surface area contributed by atoms with E-state index >= 15 is 0 Å². The van der Waals surface area contributed by atoms with Crippen molar-refractivity contribution in [1.29, 1.82) is 0 Å². The molecule has 0 radical (unpaired) electrons. The first-order valence-electron chi connectivity index (χ1n) is 6.88. The van der Waals surface area contributed by atoms with E-state index in [0.717, 1.165) is 11.3 Å². The van der Waals surface area contributed by atoms with Crippen LogP contribution in [0.4, 0.5) is 11.4 Å². The summed E-state index contributed by atoms with van der Waals surface area (Å²) in [6, 6.07) is 14.1. The van der Waals surface area contributed by atoms with Gasteiger partial charge in [-0.25, -0.2) is 0 Å². The van der Waals surface area contributed by atoms with E-state index in [0.29, 0.717) is 16.4 Å². The van der Waals surface area contributed by atoms with Crippen LogP contribution in [0.1, 0.15) is 18.1 Å². The number of nitro benzene ring substituents is 1. The molecule has 7 heteroatoms. The van der Waals surface area contributed by atoms with Gasteiger partial charge in [-0.2, -0.15) is 5.10 Å². The van der Waals surface area contributed by atoms with Gasteiger partial charge in [-0.15, -0.1) is 0 Å². The molecule has 2 aromatic rings. The van der Waals surface area contributed by atoms with Gasteiger partial charge >= 0.3 is 0 Å². The van der Waals surface area contributed by atoms with E-state index in [1.807, 2.05) is 31.2 Å². The SMILES string of the molecule is C/C(=N/NC(=S)Nc1ccc(C)cc1)c1cccc([N+](=O)[O-])c1. The van der Waals surface area contributed by atoms with Crippen LogP contribution in [-0.4, -0.2) is 15.7 Å². The first-order chi connectivity index (χ1) is 11.0. The Morgan fingerprint density at radius 2 is 1.91 bits per heavy atom. The van der Waals surface area contributed by atoms with Crippen molar-refractivity contribution in [3.63, 3.8) is 0 Å². The fraction of sp³-hybridized carbons (Fsp3) is 0.125. The Labute approximate surface area is 139 Å². The lowest BCUT2D eigenvalue weighted by Gasteiger charge is -2.08. The third kappa shape index (κ3) is 4.86. The van der Waals surface area contributed by atoms with Gasteiger partial charge in [0.15, 0.2) is 5.11 Å². The van der Waals surface area contributed by atoms with E-state index < -0.39 is 4.92 Å². The van der Waals surface area contributed by atoms with Gasteiger partial charge in [-0.05, 0) is 38.2 Å². The predicted octanol–water partition coefficient (Wildman–Crippen LogP) is 3.61. The summed E-state index contributed by atoms with van der Waals surface area (Å²) in [6.07, 6.45) is 0. The molecule has 2 N–H and O–H groups in total. The third-order valence-corrected chi connectivity index (χ3v) is 3.30. The minimum absolute atomic E-state index is 0.0254. The molecular formula is C16H16N4O2S. The van der Waals surface area contributed by atoms with Gasteiger partial charge in [0.1, 0.15) is 0 Å². The van der Waals surface area contributed by atoms with Crippen molar-refractivity contribution < 1.29 is 4.92 Å². The first kappa shape index (κ1) is 16.6. The molecule has 118 valence electrons. The fourth-order valence-electron chi connectivity index (χ4n) is 1.84. The van der Waals surface area contributed by atoms with E-state index in [-0.39, 0.29) is 5.69 Å². The lowest BCUT2D eigenvalue weighted by atomic mass is 10.1. The van der Waals surface area contributed by atoms with Crippen molar-refractivity contribution >= 4 is 34.4 Å². The smallest absolute Gasteiger partial charge is 0.270 e. The summed E-state index contributed by atoms with van der Waals surface area (Å²) in [7, 11) is 0. The van der Waals surface area contributed by atoms with Crippen molar-refractivity contribution in [3.8, 4) is 0 Å². The minimum atomic E-state index is -0.437. The number of aryl methyl sites for hydroxylation is 1. The number of non-ortho nitro benzene ring substituents is 1. The van der Waals surface area contributed by atoms with E-state index in [1.165, 1.54) is 12.1 Å². The standard InChI is InChI=1S/C16H16N4O2S/c1-11-6-8-14(9-7-11)17-16(23)19-18-12(2)13-4-3-5-15(10-13)20(21)22/h3-10H,1-2H3,(H2,17,19,23)/b18-12-. The van der Waals surface area contributed by atoms with Crippen molar-refractivity contribution in [3.05, 3.63) is 69.8 Å². The van der Waals surface area contributed by atoms with Crippen molar-refractivity contribution in [2.75, 3.05) is 5.32 Å². The molecule has 0 aromatic heterocycles. The number of nitrogens with zero attached hydrogens (tertiary/aromatic N) is 2. The lowest BCUT2D eigenvalue weighted by molar-refractivity contribution is -0.384. The number of rotatable bonds is 4. The Balaban J connectivity index is 2.01. The van der Waals surface area contributed by atoms with Gasteiger partial charge in [0.05, 0.1) is 10.6 Å². The Morgan fingerprint density at radius 1 is 1.22 bits per heavy atom. The highest BCUT2D eigenvalue weighted by atomic mass is 32.1. The van der Waals surface area contributed by atoms with Gasteiger partial charge in [-0.1, -0.05) is 29.8 Å². The number of hydrogen-bond donors (Lipinski definition) is 2. The molecule has 2 aromatic carbocycles. The van der Waals surface area contributed by atoms with Gasteiger partial charge in [0.2, 0.25) is 0 Å². The molecule has 0 fully saturated rings. The average Bonchev–Trinajstić information content (AvgIpc) is 2.55. The van der Waals surface area contributed by atoms with E-state index in [2.05, 4.69) is 15.8 Å². The van der Waals surface area contributed by atoms with Gasteiger partial charge < -0.3 is 5.32 Å². The summed E-state index contributed by atoms with van der Waals surface area (Å²) in [6.45, 7) is 3.76. The molecule has 0 bridgehead atoms. The monoisotopic (exact) mass is 328 g/mol. The normalized spacial score (nSPS) is 11.0. The van der Waals surface area contributed by atoms with Crippen LogP contribution in [0.25, 0.3) is 0 Å². The Morgan fingerprint density at radius 3 is 2.57 bits per heavy atom. The highest BCUT2D eigenvalue weighted by Crippen LogP contribution is 2.13. The number of hydrogen-bond acceptors (Lipinski definition) is 4. The fourth-order valence-corrected chi connectivity index (χ4v) is 2.00. The third-order valence-electron chi connectivity index (χ3n) is 3.11.